The normalized spacial score (nSPS) is 16.2. The van der Waals surface area contributed by atoms with Gasteiger partial charge in [-0.3, -0.25) is 9.59 Å². The van der Waals surface area contributed by atoms with E-state index in [1.165, 1.54) is 22.6 Å². The van der Waals surface area contributed by atoms with Crippen LogP contribution in [0, 0.1) is 5.92 Å². The topological polar surface area (TPSA) is 49.4 Å². The van der Waals surface area contributed by atoms with Crippen LogP contribution in [0.2, 0.25) is 0 Å². The van der Waals surface area contributed by atoms with E-state index in [1.807, 2.05) is 19.2 Å². The zero-order valence-corrected chi connectivity index (χ0v) is 15.1. The Labute approximate surface area is 146 Å². The summed E-state index contributed by atoms with van der Waals surface area (Å²) in [5, 5.41) is 6.22. The second-order valence-electron chi connectivity index (χ2n) is 6.67. The molecule has 0 saturated heterocycles. The van der Waals surface area contributed by atoms with Gasteiger partial charge in [-0.05, 0) is 41.2 Å². The summed E-state index contributed by atoms with van der Waals surface area (Å²) >= 11 is 1.70. The SMILES string of the molecule is CC(=O)N[C@@H](C(=O)N(C)Cc1csc2ccccc12)C1CCCC1. The van der Waals surface area contributed by atoms with Crippen LogP contribution in [0.15, 0.2) is 29.6 Å². The molecule has 1 aromatic carbocycles. The number of likely N-dealkylation sites (N-methyl/N-ethyl adjacent to an activating group) is 1. The number of carbonyl (C=O) groups excluding carboxylic acids is 2. The average molecular weight is 344 g/mol. The van der Waals surface area contributed by atoms with E-state index in [1.54, 1.807) is 16.2 Å². The minimum Gasteiger partial charge on any atom is -0.344 e. The van der Waals surface area contributed by atoms with E-state index >= 15 is 0 Å². The lowest BCUT2D eigenvalue weighted by Crippen LogP contribution is -2.50. The molecular formula is C19H24N2O2S. The van der Waals surface area contributed by atoms with Crippen molar-refractivity contribution < 1.29 is 9.59 Å². The average Bonchev–Trinajstić information content (AvgIpc) is 3.22. The Bertz CT molecular complexity index is 734. The molecule has 1 aromatic heterocycles. The number of hydrogen-bond acceptors (Lipinski definition) is 3. The van der Waals surface area contributed by atoms with Crippen molar-refractivity contribution in [2.24, 2.45) is 5.92 Å². The van der Waals surface area contributed by atoms with Crippen molar-refractivity contribution >= 4 is 33.2 Å². The summed E-state index contributed by atoms with van der Waals surface area (Å²) in [7, 11) is 1.83. The maximum Gasteiger partial charge on any atom is 0.245 e. The molecule has 1 aliphatic rings. The molecule has 0 unspecified atom stereocenters. The Balaban J connectivity index is 1.75. The number of nitrogens with zero attached hydrogens (tertiary/aromatic N) is 1. The molecule has 3 rings (SSSR count). The van der Waals surface area contributed by atoms with Crippen LogP contribution in [-0.2, 0) is 16.1 Å². The molecule has 2 aromatic rings. The first-order valence-electron chi connectivity index (χ1n) is 8.53. The summed E-state index contributed by atoms with van der Waals surface area (Å²) in [5.41, 5.74) is 1.17. The summed E-state index contributed by atoms with van der Waals surface area (Å²) in [6.07, 6.45) is 4.33. The Morgan fingerprint density at radius 1 is 1.29 bits per heavy atom. The van der Waals surface area contributed by atoms with Crippen LogP contribution in [0.25, 0.3) is 10.1 Å². The van der Waals surface area contributed by atoms with Gasteiger partial charge in [-0.25, -0.2) is 0 Å². The molecule has 1 atom stereocenters. The standard InChI is InChI=1S/C19H24N2O2S/c1-13(22)20-18(14-7-3-4-8-14)19(23)21(2)11-15-12-24-17-10-6-5-9-16(15)17/h5-6,9-10,12,14,18H,3-4,7-8,11H2,1-2H3,(H,20,22)/t18-/m1/s1. The monoisotopic (exact) mass is 344 g/mol. The first-order valence-corrected chi connectivity index (χ1v) is 9.41. The van der Waals surface area contributed by atoms with Gasteiger partial charge in [0.2, 0.25) is 11.8 Å². The third-order valence-corrected chi connectivity index (χ3v) is 5.85. The fourth-order valence-corrected chi connectivity index (χ4v) is 4.57. The number of hydrogen-bond donors (Lipinski definition) is 1. The lowest BCUT2D eigenvalue weighted by atomic mass is 9.96. The summed E-state index contributed by atoms with van der Waals surface area (Å²) < 4.78 is 1.24. The number of rotatable bonds is 5. The van der Waals surface area contributed by atoms with E-state index in [0.29, 0.717) is 6.54 Å². The first-order chi connectivity index (χ1) is 11.6. The minimum absolute atomic E-state index is 0.0207. The molecule has 128 valence electrons. The summed E-state index contributed by atoms with van der Waals surface area (Å²) in [4.78, 5) is 26.2. The van der Waals surface area contributed by atoms with Gasteiger partial charge in [0.05, 0.1) is 0 Å². The van der Waals surface area contributed by atoms with Crippen LogP contribution >= 0.6 is 11.3 Å². The van der Waals surface area contributed by atoms with Crippen molar-refractivity contribution in [1.82, 2.24) is 10.2 Å². The zero-order chi connectivity index (χ0) is 17.1. The molecule has 1 heterocycles. The number of amides is 2. The second-order valence-corrected chi connectivity index (χ2v) is 7.59. The van der Waals surface area contributed by atoms with Crippen LogP contribution in [0.4, 0.5) is 0 Å². The van der Waals surface area contributed by atoms with Crippen LogP contribution in [0.5, 0.6) is 0 Å². The minimum atomic E-state index is -0.389. The van der Waals surface area contributed by atoms with Gasteiger partial charge in [-0.1, -0.05) is 31.0 Å². The molecule has 0 bridgehead atoms. The predicted molar refractivity (Wildman–Crippen MR) is 97.9 cm³/mol. The number of benzene rings is 1. The van der Waals surface area contributed by atoms with Crippen molar-refractivity contribution in [3.05, 3.63) is 35.2 Å². The van der Waals surface area contributed by atoms with Gasteiger partial charge >= 0.3 is 0 Å². The molecule has 1 fully saturated rings. The van der Waals surface area contributed by atoms with Gasteiger partial charge in [-0.2, -0.15) is 0 Å². The first kappa shape index (κ1) is 17.0. The molecule has 5 heteroatoms. The van der Waals surface area contributed by atoms with Crippen molar-refractivity contribution in [2.75, 3.05) is 7.05 Å². The van der Waals surface area contributed by atoms with Gasteiger partial charge < -0.3 is 10.2 Å². The molecule has 1 N–H and O–H groups in total. The van der Waals surface area contributed by atoms with E-state index in [9.17, 15) is 9.59 Å². The van der Waals surface area contributed by atoms with Crippen molar-refractivity contribution in [3.8, 4) is 0 Å². The van der Waals surface area contributed by atoms with Crippen LogP contribution in [0.1, 0.15) is 38.2 Å². The van der Waals surface area contributed by atoms with E-state index in [-0.39, 0.29) is 23.8 Å². The Hall–Kier alpha value is -1.88. The molecule has 2 amide bonds. The number of thiophene rings is 1. The highest BCUT2D eigenvalue weighted by molar-refractivity contribution is 7.17. The predicted octanol–water partition coefficient (Wildman–Crippen LogP) is 3.55. The third-order valence-electron chi connectivity index (χ3n) is 4.84. The lowest BCUT2D eigenvalue weighted by molar-refractivity contribution is -0.136. The molecule has 0 aliphatic heterocycles. The summed E-state index contributed by atoms with van der Waals surface area (Å²) in [6.45, 7) is 2.06. The summed E-state index contributed by atoms with van der Waals surface area (Å²) in [6, 6.07) is 7.87. The molecule has 4 nitrogen and oxygen atoms in total. The van der Waals surface area contributed by atoms with Crippen LogP contribution in [-0.4, -0.2) is 29.8 Å². The van der Waals surface area contributed by atoms with Crippen LogP contribution in [0.3, 0.4) is 0 Å². The van der Waals surface area contributed by atoms with E-state index in [2.05, 4.69) is 22.8 Å². The van der Waals surface area contributed by atoms with Crippen molar-refractivity contribution in [3.63, 3.8) is 0 Å². The summed E-state index contributed by atoms with van der Waals surface area (Å²) in [5.74, 6) is 0.157. The second kappa shape index (κ2) is 7.34. The van der Waals surface area contributed by atoms with Gasteiger partial charge in [0.1, 0.15) is 6.04 Å². The quantitative estimate of drug-likeness (QED) is 0.902. The van der Waals surface area contributed by atoms with Gasteiger partial charge in [0, 0.05) is 25.2 Å². The highest BCUT2D eigenvalue weighted by Crippen LogP contribution is 2.30. The number of carbonyl (C=O) groups is 2. The van der Waals surface area contributed by atoms with E-state index < -0.39 is 0 Å². The highest BCUT2D eigenvalue weighted by atomic mass is 32.1. The van der Waals surface area contributed by atoms with Gasteiger partial charge in [0.15, 0.2) is 0 Å². The largest absolute Gasteiger partial charge is 0.344 e. The Morgan fingerprint density at radius 2 is 2.00 bits per heavy atom. The maximum absolute atomic E-state index is 12.9. The molecule has 0 spiro atoms. The number of nitrogens with one attached hydrogen (secondary N) is 1. The fourth-order valence-electron chi connectivity index (χ4n) is 3.62. The Morgan fingerprint density at radius 3 is 2.71 bits per heavy atom. The van der Waals surface area contributed by atoms with Gasteiger partial charge in [0.25, 0.3) is 0 Å². The van der Waals surface area contributed by atoms with Crippen molar-refractivity contribution in [1.29, 1.82) is 0 Å². The molecule has 1 aliphatic carbocycles. The van der Waals surface area contributed by atoms with Crippen LogP contribution < -0.4 is 5.32 Å². The van der Waals surface area contributed by atoms with Crippen molar-refractivity contribution in [2.45, 2.75) is 45.2 Å². The zero-order valence-electron chi connectivity index (χ0n) is 14.2. The molecule has 0 radical (unpaired) electrons. The third kappa shape index (κ3) is 3.61. The molecule has 24 heavy (non-hydrogen) atoms. The molecular weight excluding hydrogens is 320 g/mol. The Kier molecular flexibility index (Phi) is 5.19. The smallest absolute Gasteiger partial charge is 0.245 e. The molecule has 1 saturated carbocycles. The van der Waals surface area contributed by atoms with E-state index in [4.69, 9.17) is 0 Å². The fraction of sp³-hybridized carbons (Fsp3) is 0.474. The lowest BCUT2D eigenvalue weighted by Gasteiger charge is -2.28. The van der Waals surface area contributed by atoms with Gasteiger partial charge in [-0.15, -0.1) is 11.3 Å². The maximum atomic E-state index is 12.9. The van der Waals surface area contributed by atoms with E-state index in [0.717, 1.165) is 25.7 Å². The highest BCUT2D eigenvalue weighted by Gasteiger charge is 2.33. The number of fused-ring (bicyclic) bond motifs is 1.